The maximum Gasteiger partial charge on any atom is 0.150 e. The number of carbonyl (C=O) groups is 1. The molecule has 6 nitrogen and oxygen atoms in total. The third kappa shape index (κ3) is 4.81. The lowest BCUT2D eigenvalue weighted by molar-refractivity contribution is 0.0816. The van der Waals surface area contributed by atoms with Crippen molar-refractivity contribution >= 4 is 37.4 Å². The van der Waals surface area contributed by atoms with E-state index in [-0.39, 0.29) is 0 Å². The van der Waals surface area contributed by atoms with Crippen LogP contribution in [0.5, 0.6) is 0 Å². The second-order valence-electron chi connectivity index (χ2n) is 7.86. The number of hydrogen-bond donors (Lipinski definition) is 0. The zero-order valence-electron chi connectivity index (χ0n) is 16.3. The van der Waals surface area contributed by atoms with Crippen molar-refractivity contribution in [2.24, 2.45) is 7.05 Å². The Hall–Kier alpha value is -2.51. The first-order valence-electron chi connectivity index (χ1n) is 9.06. The quantitative estimate of drug-likeness (QED) is 0.335. The lowest BCUT2D eigenvalue weighted by atomic mass is 10.1. The monoisotopic (exact) mass is 382 g/mol. The number of benzene rings is 1. The maximum absolute atomic E-state index is 11.2. The highest BCUT2D eigenvalue weighted by atomic mass is 28.3. The van der Waals surface area contributed by atoms with Crippen molar-refractivity contribution in [2.75, 3.05) is 6.61 Å². The van der Waals surface area contributed by atoms with Crippen LogP contribution in [0.2, 0.25) is 25.7 Å². The van der Waals surface area contributed by atoms with Gasteiger partial charge in [0.15, 0.2) is 0 Å². The van der Waals surface area contributed by atoms with Gasteiger partial charge in [0.25, 0.3) is 0 Å². The van der Waals surface area contributed by atoms with Gasteiger partial charge in [0.05, 0.1) is 11.2 Å². The van der Waals surface area contributed by atoms with E-state index in [9.17, 15) is 4.79 Å². The molecule has 0 saturated carbocycles. The molecule has 142 valence electrons. The molecule has 27 heavy (non-hydrogen) atoms. The van der Waals surface area contributed by atoms with Crippen LogP contribution in [0.25, 0.3) is 23.1 Å². The Labute approximate surface area is 160 Å². The van der Waals surface area contributed by atoms with Crippen LogP contribution in [0.4, 0.5) is 0 Å². The largest absolute Gasteiger partial charge is 0.360 e. The summed E-state index contributed by atoms with van der Waals surface area (Å²) < 4.78 is 9.63. The molecule has 1 aromatic carbocycles. The first-order valence-corrected chi connectivity index (χ1v) is 12.8. The van der Waals surface area contributed by atoms with Crippen LogP contribution in [0.1, 0.15) is 21.9 Å². The van der Waals surface area contributed by atoms with Crippen molar-refractivity contribution in [2.45, 2.75) is 32.4 Å². The van der Waals surface area contributed by atoms with Gasteiger partial charge in [-0.2, -0.15) is 5.10 Å². The second-order valence-corrected chi connectivity index (χ2v) is 13.5. The summed E-state index contributed by atoms with van der Waals surface area (Å²) in [6.45, 7) is 8.09. The van der Waals surface area contributed by atoms with Crippen LogP contribution < -0.4 is 0 Å². The van der Waals surface area contributed by atoms with E-state index in [1.807, 2.05) is 52.8 Å². The minimum Gasteiger partial charge on any atom is -0.360 e. The Morgan fingerprint density at radius 2 is 2.04 bits per heavy atom. The van der Waals surface area contributed by atoms with Gasteiger partial charge >= 0.3 is 0 Å². The first-order chi connectivity index (χ1) is 12.9. The van der Waals surface area contributed by atoms with Crippen molar-refractivity contribution in [1.82, 2.24) is 19.3 Å². The van der Waals surface area contributed by atoms with Gasteiger partial charge in [0, 0.05) is 45.1 Å². The number of imidazole rings is 1. The molecular formula is C20H26N4O2Si. The van der Waals surface area contributed by atoms with Gasteiger partial charge in [0.1, 0.15) is 18.8 Å². The lowest BCUT2D eigenvalue weighted by Gasteiger charge is -2.15. The van der Waals surface area contributed by atoms with Gasteiger partial charge < -0.3 is 9.30 Å². The van der Waals surface area contributed by atoms with Gasteiger partial charge in [-0.3, -0.25) is 4.79 Å². The molecule has 0 aliphatic rings. The first kappa shape index (κ1) is 19.3. The average molecular weight is 383 g/mol. The fraction of sp³-hybridized carbons (Fsp3) is 0.350. The molecule has 7 heteroatoms. The van der Waals surface area contributed by atoms with E-state index in [4.69, 9.17) is 9.84 Å². The molecule has 0 fully saturated rings. The third-order valence-corrected chi connectivity index (χ3v) is 6.10. The zero-order chi connectivity index (χ0) is 19.4. The summed E-state index contributed by atoms with van der Waals surface area (Å²) in [5.41, 5.74) is 2.36. The van der Waals surface area contributed by atoms with Gasteiger partial charge in [-0.15, -0.1) is 0 Å². The van der Waals surface area contributed by atoms with Crippen LogP contribution in [0, 0.1) is 0 Å². The van der Waals surface area contributed by atoms with Crippen LogP contribution in [0.3, 0.4) is 0 Å². The lowest BCUT2D eigenvalue weighted by Crippen LogP contribution is -2.22. The molecule has 0 N–H and O–H groups in total. The molecular weight excluding hydrogens is 356 g/mol. The standard InChI is InChI=1S/C20H26N4O2Si/c1-23-10-9-21-20(23)8-7-18-17-6-5-16(14-25)13-19(17)24(22-18)15-26-11-12-27(2,3)4/h5-10,13-14H,11-12,15H2,1-4H3/b8-7+. The SMILES string of the molecule is Cn1ccnc1/C=C/c1nn(COCC[Si](C)(C)C)c2cc(C=O)ccc12. The molecule has 0 radical (unpaired) electrons. The van der Waals surface area contributed by atoms with E-state index < -0.39 is 8.07 Å². The van der Waals surface area contributed by atoms with Crippen molar-refractivity contribution in [3.63, 3.8) is 0 Å². The van der Waals surface area contributed by atoms with Crippen LogP contribution >= 0.6 is 0 Å². The molecule has 0 amide bonds. The van der Waals surface area contributed by atoms with Gasteiger partial charge in [-0.05, 0) is 30.3 Å². The second kappa shape index (κ2) is 8.02. The number of hydrogen-bond acceptors (Lipinski definition) is 4. The highest BCUT2D eigenvalue weighted by molar-refractivity contribution is 6.76. The molecule has 2 heterocycles. The Kier molecular flexibility index (Phi) is 5.72. The fourth-order valence-electron chi connectivity index (χ4n) is 2.73. The number of fused-ring (bicyclic) bond motifs is 1. The Bertz CT molecular complexity index is 966. The molecule has 0 saturated heterocycles. The average Bonchev–Trinajstić information content (AvgIpc) is 3.19. The number of ether oxygens (including phenoxy) is 1. The topological polar surface area (TPSA) is 61.9 Å². The fourth-order valence-corrected chi connectivity index (χ4v) is 3.49. The van der Waals surface area contributed by atoms with Crippen molar-refractivity contribution in [1.29, 1.82) is 0 Å². The van der Waals surface area contributed by atoms with Gasteiger partial charge in [-0.25, -0.2) is 9.67 Å². The third-order valence-electron chi connectivity index (χ3n) is 4.40. The minimum absolute atomic E-state index is 0.375. The molecule has 0 unspecified atom stereocenters. The minimum atomic E-state index is -1.13. The van der Waals surface area contributed by atoms with Crippen LogP contribution in [-0.4, -0.2) is 40.3 Å². The Morgan fingerprint density at radius 3 is 2.70 bits per heavy atom. The van der Waals surface area contributed by atoms with E-state index >= 15 is 0 Å². The highest BCUT2D eigenvalue weighted by Crippen LogP contribution is 2.22. The number of carbonyl (C=O) groups excluding carboxylic acids is 1. The summed E-state index contributed by atoms with van der Waals surface area (Å²) in [5.74, 6) is 0.855. The van der Waals surface area contributed by atoms with Crippen molar-refractivity contribution in [3.05, 3.63) is 47.7 Å². The van der Waals surface area contributed by atoms with Crippen molar-refractivity contribution in [3.8, 4) is 0 Å². The van der Waals surface area contributed by atoms with Crippen molar-refractivity contribution < 1.29 is 9.53 Å². The van der Waals surface area contributed by atoms with Gasteiger partial charge in [0.2, 0.25) is 0 Å². The summed E-state index contributed by atoms with van der Waals surface area (Å²) in [5, 5.41) is 5.68. The normalized spacial score (nSPS) is 12.3. The molecule has 0 spiro atoms. The summed E-state index contributed by atoms with van der Waals surface area (Å²) in [6, 6.07) is 6.71. The maximum atomic E-state index is 11.2. The molecule has 0 bridgehead atoms. The van der Waals surface area contributed by atoms with Crippen LogP contribution in [-0.2, 0) is 18.5 Å². The number of rotatable bonds is 8. The Morgan fingerprint density at radius 1 is 1.22 bits per heavy atom. The number of aromatic nitrogens is 4. The smallest absolute Gasteiger partial charge is 0.150 e. The summed E-state index contributed by atoms with van der Waals surface area (Å²) >= 11 is 0. The van der Waals surface area contributed by atoms with Crippen LogP contribution in [0.15, 0.2) is 30.6 Å². The van der Waals surface area contributed by atoms with Gasteiger partial charge in [-0.1, -0.05) is 25.7 Å². The molecule has 0 aliphatic heterocycles. The summed E-state index contributed by atoms with van der Waals surface area (Å²) in [7, 11) is 0.822. The molecule has 0 aliphatic carbocycles. The summed E-state index contributed by atoms with van der Waals surface area (Å²) in [4.78, 5) is 15.5. The zero-order valence-corrected chi connectivity index (χ0v) is 17.3. The predicted molar refractivity (Wildman–Crippen MR) is 111 cm³/mol. The molecule has 3 aromatic rings. The highest BCUT2D eigenvalue weighted by Gasteiger charge is 2.13. The van der Waals surface area contributed by atoms with E-state index in [1.54, 1.807) is 6.20 Å². The molecule has 0 atom stereocenters. The summed E-state index contributed by atoms with van der Waals surface area (Å²) in [6.07, 6.45) is 8.40. The van der Waals surface area contributed by atoms with E-state index in [0.717, 1.165) is 41.4 Å². The number of aryl methyl sites for hydroxylation is 1. The van der Waals surface area contributed by atoms with E-state index in [2.05, 4.69) is 24.6 Å². The Balaban J connectivity index is 1.87. The molecule has 2 aromatic heterocycles. The molecule has 3 rings (SSSR count). The van der Waals surface area contributed by atoms with E-state index in [1.165, 1.54) is 0 Å². The number of nitrogens with zero attached hydrogens (tertiary/aromatic N) is 4. The van der Waals surface area contributed by atoms with E-state index in [0.29, 0.717) is 12.3 Å². The predicted octanol–water partition coefficient (Wildman–Crippen LogP) is 4.07. The number of aldehydes is 1.